The summed E-state index contributed by atoms with van der Waals surface area (Å²) in [6.07, 6.45) is 0. The number of amides is 3. The number of carbonyl (C=O) groups is 2. The average molecular weight is 493 g/mol. The minimum Gasteiger partial charge on any atom is -0.351 e. The number of primary amides is 1. The number of sulfonamides is 1. The molecular weight excluding hydrogens is 471 g/mol. The van der Waals surface area contributed by atoms with Gasteiger partial charge in [0, 0.05) is 25.3 Å². The maximum atomic E-state index is 13.5. The van der Waals surface area contributed by atoms with E-state index in [0.717, 1.165) is 16.1 Å². The van der Waals surface area contributed by atoms with Crippen LogP contribution in [0.25, 0.3) is 17.1 Å². The molecule has 0 aliphatic rings. The molecule has 0 unspecified atom stereocenters. The Morgan fingerprint density at radius 1 is 1.15 bits per heavy atom. The predicted octanol–water partition coefficient (Wildman–Crippen LogP) is 2.00. The molecule has 0 saturated heterocycles. The fraction of sp³-hybridized carbons (Fsp3) is 0.200. The first kappa shape index (κ1) is 24.4. The molecule has 33 heavy (non-hydrogen) atoms. The maximum absolute atomic E-state index is 13.5. The number of imide groups is 1. The van der Waals surface area contributed by atoms with Crippen molar-refractivity contribution in [1.29, 1.82) is 0 Å². The minimum absolute atomic E-state index is 0.0575. The van der Waals surface area contributed by atoms with E-state index in [2.05, 4.69) is 10.2 Å². The van der Waals surface area contributed by atoms with Crippen molar-refractivity contribution < 1.29 is 22.4 Å². The highest BCUT2D eigenvalue weighted by Gasteiger charge is 2.24. The number of nitrogens with two attached hydrogens (primary N) is 1. The van der Waals surface area contributed by atoms with Crippen molar-refractivity contribution in [2.75, 3.05) is 14.1 Å². The summed E-state index contributed by atoms with van der Waals surface area (Å²) in [7, 11) is -0.847. The van der Waals surface area contributed by atoms with Gasteiger partial charge >= 0.3 is 6.03 Å². The lowest BCUT2D eigenvalue weighted by atomic mass is 10.2. The van der Waals surface area contributed by atoms with Gasteiger partial charge in [-0.05, 0) is 43.3 Å². The van der Waals surface area contributed by atoms with E-state index in [4.69, 9.17) is 5.73 Å². The summed E-state index contributed by atoms with van der Waals surface area (Å²) in [5.74, 6) is -0.792. The second-order valence-electron chi connectivity index (χ2n) is 7.05. The van der Waals surface area contributed by atoms with Crippen LogP contribution in [-0.4, -0.2) is 58.8 Å². The van der Waals surface area contributed by atoms with Gasteiger partial charge in [0.15, 0.2) is 11.0 Å². The van der Waals surface area contributed by atoms with Gasteiger partial charge in [-0.3, -0.25) is 14.7 Å². The molecule has 0 aliphatic carbocycles. The molecule has 0 bridgehead atoms. The first-order valence-corrected chi connectivity index (χ1v) is 11.8. The van der Waals surface area contributed by atoms with E-state index in [1.807, 2.05) is 5.32 Å². The summed E-state index contributed by atoms with van der Waals surface area (Å²) in [6.45, 7) is 1.55. The summed E-state index contributed by atoms with van der Waals surface area (Å²) in [4.78, 5) is 23.2. The van der Waals surface area contributed by atoms with Crippen LogP contribution in [0.2, 0.25) is 0 Å². The van der Waals surface area contributed by atoms with Crippen molar-refractivity contribution in [2.24, 2.45) is 5.73 Å². The molecule has 0 saturated carbocycles. The number of benzene rings is 2. The molecule has 3 N–H and O–H groups in total. The molecule has 2 aromatic carbocycles. The van der Waals surface area contributed by atoms with Crippen LogP contribution in [0.15, 0.2) is 58.6 Å². The van der Waals surface area contributed by atoms with Crippen LogP contribution in [0.1, 0.15) is 6.92 Å². The standard InChI is InChI=1S/C20H21FN6O4S2/c1-12(18(28)23-19(22)29)32-20-25-24-17(27(20)15-9-7-14(21)8-10-15)13-5-4-6-16(11-13)33(30,31)26(2)3/h4-12H,1-3H3,(H3,22,23,28,29)/t12-/m1/s1. The van der Waals surface area contributed by atoms with Gasteiger partial charge in [-0.1, -0.05) is 23.9 Å². The second-order valence-corrected chi connectivity index (χ2v) is 10.5. The average Bonchev–Trinajstić information content (AvgIpc) is 3.17. The van der Waals surface area contributed by atoms with Crippen LogP contribution in [0.3, 0.4) is 0 Å². The van der Waals surface area contributed by atoms with E-state index in [-0.39, 0.29) is 15.9 Å². The molecule has 1 aromatic heterocycles. The molecule has 0 fully saturated rings. The summed E-state index contributed by atoms with van der Waals surface area (Å²) in [6, 6.07) is 10.7. The van der Waals surface area contributed by atoms with E-state index < -0.39 is 33.0 Å². The fourth-order valence-corrected chi connectivity index (χ4v) is 4.61. The number of urea groups is 1. The molecule has 13 heteroatoms. The summed E-state index contributed by atoms with van der Waals surface area (Å²) in [5.41, 5.74) is 5.94. The molecule has 1 atom stereocenters. The van der Waals surface area contributed by atoms with Gasteiger partial charge in [-0.15, -0.1) is 10.2 Å². The Hall–Kier alpha value is -3.29. The molecule has 3 aromatic rings. The SMILES string of the molecule is C[C@@H](Sc1nnc(-c2cccc(S(=O)(=O)N(C)C)c2)n1-c1ccc(F)cc1)C(=O)NC(N)=O. The van der Waals surface area contributed by atoms with E-state index in [0.29, 0.717) is 11.3 Å². The minimum atomic E-state index is -3.70. The lowest BCUT2D eigenvalue weighted by molar-refractivity contribution is -0.119. The van der Waals surface area contributed by atoms with Crippen molar-refractivity contribution in [2.45, 2.75) is 22.2 Å². The van der Waals surface area contributed by atoms with Crippen LogP contribution < -0.4 is 11.1 Å². The third kappa shape index (κ3) is 5.38. The van der Waals surface area contributed by atoms with Crippen LogP contribution in [-0.2, 0) is 14.8 Å². The smallest absolute Gasteiger partial charge is 0.318 e. The first-order chi connectivity index (χ1) is 15.5. The van der Waals surface area contributed by atoms with E-state index in [1.165, 1.54) is 50.5 Å². The summed E-state index contributed by atoms with van der Waals surface area (Å²) < 4.78 is 41.4. The van der Waals surface area contributed by atoms with Crippen LogP contribution in [0.4, 0.5) is 9.18 Å². The Morgan fingerprint density at radius 3 is 2.42 bits per heavy atom. The predicted molar refractivity (Wildman–Crippen MR) is 121 cm³/mol. The number of hydrogen-bond donors (Lipinski definition) is 2. The topological polar surface area (TPSA) is 140 Å². The van der Waals surface area contributed by atoms with Crippen LogP contribution >= 0.6 is 11.8 Å². The number of nitrogens with zero attached hydrogens (tertiary/aromatic N) is 4. The third-order valence-corrected chi connectivity index (χ3v) is 7.34. The number of thioether (sulfide) groups is 1. The molecule has 10 nitrogen and oxygen atoms in total. The Balaban J connectivity index is 2.11. The zero-order valence-electron chi connectivity index (χ0n) is 17.9. The van der Waals surface area contributed by atoms with Crippen molar-refractivity contribution in [3.63, 3.8) is 0 Å². The molecule has 3 rings (SSSR count). The van der Waals surface area contributed by atoms with Crippen LogP contribution in [0, 0.1) is 5.82 Å². The Bertz CT molecular complexity index is 1290. The van der Waals surface area contributed by atoms with E-state index in [1.54, 1.807) is 23.6 Å². The zero-order valence-corrected chi connectivity index (χ0v) is 19.5. The zero-order chi connectivity index (χ0) is 24.3. The van der Waals surface area contributed by atoms with Crippen molar-refractivity contribution >= 4 is 33.7 Å². The number of aromatic nitrogens is 3. The first-order valence-electron chi connectivity index (χ1n) is 9.52. The molecule has 0 spiro atoms. The number of halogens is 1. The number of nitrogens with one attached hydrogen (secondary N) is 1. The molecule has 0 aliphatic heterocycles. The summed E-state index contributed by atoms with van der Waals surface area (Å²) in [5, 5.41) is 9.84. The van der Waals surface area contributed by atoms with Crippen molar-refractivity contribution in [3.8, 4) is 17.1 Å². The normalized spacial score (nSPS) is 12.5. The van der Waals surface area contributed by atoms with E-state index >= 15 is 0 Å². The molecular formula is C20H21FN6O4S2. The Morgan fingerprint density at radius 2 is 1.82 bits per heavy atom. The Kier molecular flexibility index (Phi) is 7.15. The molecule has 1 heterocycles. The van der Waals surface area contributed by atoms with Gasteiger partial charge in [0.2, 0.25) is 15.9 Å². The molecule has 0 radical (unpaired) electrons. The maximum Gasteiger partial charge on any atom is 0.318 e. The second kappa shape index (κ2) is 9.68. The number of hydrogen-bond acceptors (Lipinski definition) is 7. The monoisotopic (exact) mass is 492 g/mol. The van der Waals surface area contributed by atoms with Gasteiger partial charge in [0.05, 0.1) is 10.1 Å². The molecule has 3 amide bonds. The van der Waals surface area contributed by atoms with Crippen molar-refractivity contribution in [1.82, 2.24) is 24.4 Å². The van der Waals surface area contributed by atoms with Gasteiger partial charge < -0.3 is 5.73 Å². The molecule has 174 valence electrons. The van der Waals surface area contributed by atoms with Gasteiger partial charge in [-0.2, -0.15) is 0 Å². The van der Waals surface area contributed by atoms with Gasteiger partial charge in [-0.25, -0.2) is 21.9 Å². The van der Waals surface area contributed by atoms with Gasteiger partial charge in [0.1, 0.15) is 5.82 Å². The lowest BCUT2D eigenvalue weighted by Gasteiger charge is -2.14. The van der Waals surface area contributed by atoms with Gasteiger partial charge in [0.25, 0.3) is 0 Å². The van der Waals surface area contributed by atoms with Crippen LogP contribution in [0.5, 0.6) is 0 Å². The lowest BCUT2D eigenvalue weighted by Crippen LogP contribution is -2.39. The van der Waals surface area contributed by atoms with E-state index in [9.17, 15) is 22.4 Å². The Labute approximate surface area is 194 Å². The highest BCUT2D eigenvalue weighted by Crippen LogP contribution is 2.31. The number of carbonyl (C=O) groups excluding carboxylic acids is 2. The fourth-order valence-electron chi connectivity index (χ4n) is 2.80. The highest BCUT2D eigenvalue weighted by atomic mass is 32.2. The third-order valence-electron chi connectivity index (χ3n) is 4.49. The quantitative estimate of drug-likeness (QED) is 0.481. The highest BCUT2D eigenvalue weighted by molar-refractivity contribution is 8.00. The van der Waals surface area contributed by atoms with Crippen molar-refractivity contribution in [3.05, 3.63) is 54.3 Å². The number of rotatable bonds is 7. The summed E-state index contributed by atoms with van der Waals surface area (Å²) >= 11 is 0.999. The largest absolute Gasteiger partial charge is 0.351 e.